The smallest absolute Gasteiger partial charge is 0.0693 e. The van der Waals surface area contributed by atoms with Crippen LogP contribution in [0.25, 0.3) is 0 Å². The molecule has 0 aromatic carbocycles. The van der Waals surface area contributed by atoms with Gasteiger partial charge < -0.3 is 10.4 Å². The van der Waals surface area contributed by atoms with E-state index in [1.807, 2.05) is 0 Å². The van der Waals surface area contributed by atoms with E-state index in [0.717, 1.165) is 18.9 Å². The van der Waals surface area contributed by atoms with Crippen molar-refractivity contribution in [2.24, 2.45) is 5.92 Å². The first kappa shape index (κ1) is 9.47. The van der Waals surface area contributed by atoms with E-state index in [2.05, 4.69) is 5.32 Å². The van der Waals surface area contributed by atoms with Gasteiger partial charge in [-0.2, -0.15) is 0 Å². The molecule has 0 radical (unpaired) electrons. The van der Waals surface area contributed by atoms with Gasteiger partial charge in [0.1, 0.15) is 0 Å². The molecule has 13 heavy (non-hydrogen) atoms. The number of hydrogen-bond acceptors (Lipinski definition) is 2. The van der Waals surface area contributed by atoms with Gasteiger partial charge in [-0.25, -0.2) is 0 Å². The molecule has 2 fully saturated rings. The van der Waals surface area contributed by atoms with Gasteiger partial charge >= 0.3 is 0 Å². The third-order valence-corrected chi connectivity index (χ3v) is 3.66. The van der Waals surface area contributed by atoms with Crippen LogP contribution in [0.5, 0.6) is 0 Å². The van der Waals surface area contributed by atoms with Crippen molar-refractivity contribution in [3.8, 4) is 0 Å². The number of nitrogens with one attached hydrogen (secondary N) is 1. The summed E-state index contributed by atoms with van der Waals surface area (Å²) >= 11 is 0. The Morgan fingerprint density at radius 1 is 1.08 bits per heavy atom. The molecular weight excluding hydrogens is 162 g/mol. The van der Waals surface area contributed by atoms with E-state index >= 15 is 0 Å². The summed E-state index contributed by atoms with van der Waals surface area (Å²) in [6.45, 7) is 1.12. The average molecular weight is 183 g/mol. The average Bonchev–Trinajstić information content (AvgIpc) is 2.42. The molecule has 0 aromatic heterocycles. The monoisotopic (exact) mass is 183 g/mol. The molecule has 0 aromatic rings. The van der Waals surface area contributed by atoms with Gasteiger partial charge in [-0.15, -0.1) is 0 Å². The molecule has 0 heterocycles. The minimum Gasteiger partial charge on any atom is -0.392 e. The molecule has 2 aliphatic rings. The fourth-order valence-electron chi connectivity index (χ4n) is 2.43. The van der Waals surface area contributed by atoms with Crippen LogP contribution < -0.4 is 5.32 Å². The Labute approximate surface area is 80.7 Å². The molecule has 0 aliphatic heterocycles. The zero-order valence-electron chi connectivity index (χ0n) is 8.34. The lowest BCUT2D eigenvalue weighted by atomic mass is 9.83. The van der Waals surface area contributed by atoms with E-state index in [9.17, 15) is 5.11 Å². The molecule has 2 heteroatoms. The number of aliphatic hydroxyl groups is 1. The van der Waals surface area contributed by atoms with E-state index in [4.69, 9.17) is 0 Å². The molecule has 76 valence electrons. The largest absolute Gasteiger partial charge is 0.392 e. The van der Waals surface area contributed by atoms with Crippen molar-refractivity contribution >= 4 is 0 Å². The molecule has 2 nitrogen and oxygen atoms in total. The van der Waals surface area contributed by atoms with Crippen molar-refractivity contribution < 1.29 is 5.11 Å². The van der Waals surface area contributed by atoms with Crippen molar-refractivity contribution in [1.82, 2.24) is 5.32 Å². The second kappa shape index (κ2) is 4.43. The third-order valence-electron chi connectivity index (χ3n) is 3.66. The van der Waals surface area contributed by atoms with Crippen molar-refractivity contribution in [3.63, 3.8) is 0 Å². The summed E-state index contributed by atoms with van der Waals surface area (Å²) in [5.41, 5.74) is 0. The van der Waals surface area contributed by atoms with E-state index < -0.39 is 0 Å². The topological polar surface area (TPSA) is 32.3 Å². The summed E-state index contributed by atoms with van der Waals surface area (Å²) in [5, 5.41) is 13.0. The van der Waals surface area contributed by atoms with E-state index in [-0.39, 0.29) is 6.10 Å². The summed E-state index contributed by atoms with van der Waals surface area (Å²) in [5.74, 6) is 0.992. The Hall–Kier alpha value is -0.0800. The fourth-order valence-corrected chi connectivity index (χ4v) is 2.43. The molecule has 2 saturated carbocycles. The molecule has 2 atom stereocenters. The van der Waals surface area contributed by atoms with E-state index in [0.29, 0.717) is 6.04 Å². The van der Waals surface area contributed by atoms with Gasteiger partial charge in [-0.05, 0) is 38.1 Å². The summed E-state index contributed by atoms with van der Waals surface area (Å²) in [6.07, 6.45) is 8.94. The molecule has 2 aliphatic carbocycles. The van der Waals surface area contributed by atoms with Gasteiger partial charge in [-0.3, -0.25) is 0 Å². The lowest BCUT2D eigenvalue weighted by Crippen LogP contribution is -2.37. The first-order chi connectivity index (χ1) is 6.36. The van der Waals surface area contributed by atoms with Crippen molar-refractivity contribution in [1.29, 1.82) is 0 Å². The lowest BCUT2D eigenvalue weighted by Gasteiger charge is -2.26. The summed E-state index contributed by atoms with van der Waals surface area (Å²) in [4.78, 5) is 0. The standard InChI is InChI=1S/C11H21NO/c13-11-6-2-5-10(11)12-8-7-9-3-1-4-9/h9-13H,1-8H2/t10-,11-/m1/s1. The fraction of sp³-hybridized carbons (Fsp3) is 1.00. The highest BCUT2D eigenvalue weighted by molar-refractivity contribution is 4.83. The summed E-state index contributed by atoms with van der Waals surface area (Å²) in [6, 6.07) is 0.403. The van der Waals surface area contributed by atoms with Gasteiger partial charge in [-0.1, -0.05) is 19.3 Å². The predicted octanol–water partition coefficient (Wildman–Crippen LogP) is 1.68. The van der Waals surface area contributed by atoms with E-state index in [1.165, 1.54) is 38.5 Å². The highest BCUT2D eigenvalue weighted by Gasteiger charge is 2.25. The highest BCUT2D eigenvalue weighted by Crippen LogP contribution is 2.29. The number of aliphatic hydroxyl groups excluding tert-OH is 1. The molecular formula is C11H21NO. The van der Waals surface area contributed by atoms with Crippen LogP contribution in [0, 0.1) is 5.92 Å². The Bertz CT molecular complexity index is 156. The molecule has 0 saturated heterocycles. The molecule has 0 amide bonds. The number of hydrogen-bond donors (Lipinski definition) is 2. The minimum atomic E-state index is -0.0682. The maximum Gasteiger partial charge on any atom is 0.0693 e. The maximum atomic E-state index is 9.56. The number of rotatable bonds is 4. The molecule has 0 unspecified atom stereocenters. The van der Waals surface area contributed by atoms with Gasteiger partial charge in [0, 0.05) is 6.04 Å². The van der Waals surface area contributed by atoms with Crippen molar-refractivity contribution in [3.05, 3.63) is 0 Å². The Balaban J connectivity index is 1.56. The van der Waals surface area contributed by atoms with Crippen molar-refractivity contribution in [2.75, 3.05) is 6.54 Å². The maximum absolute atomic E-state index is 9.56. The quantitative estimate of drug-likeness (QED) is 0.695. The SMILES string of the molecule is O[C@@H]1CCC[C@H]1NCCC1CCC1. The molecule has 0 spiro atoms. The molecule has 2 N–H and O–H groups in total. The minimum absolute atomic E-state index is 0.0682. The third kappa shape index (κ3) is 2.44. The van der Waals surface area contributed by atoms with Crippen LogP contribution in [-0.4, -0.2) is 23.8 Å². The van der Waals surface area contributed by atoms with Crippen LogP contribution >= 0.6 is 0 Å². The normalized spacial score (nSPS) is 34.8. The highest BCUT2D eigenvalue weighted by atomic mass is 16.3. The first-order valence-corrected chi connectivity index (χ1v) is 5.78. The van der Waals surface area contributed by atoms with Gasteiger partial charge in [0.15, 0.2) is 0 Å². The molecule has 0 bridgehead atoms. The van der Waals surface area contributed by atoms with Crippen LogP contribution in [0.15, 0.2) is 0 Å². The Kier molecular flexibility index (Phi) is 3.23. The Morgan fingerprint density at radius 2 is 1.85 bits per heavy atom. The zero-order valence-corrected chi connectivity index (χ0v) is 8.34. The van der Waals surface area contributed by atoms with Crippen LogP contribution in [0.1, 0.15) is 44.9 Å². The zero-order chi connectivity index (χ0) is 9.10. The van der Waals surface area contributed by atoms with Crippen LogP contribution in [0.2, 0.25) is 0 Å². The summed E-state index contributed by atoms with van der Waals surface area (Å²) < 4.78 is 0. The van der Waals surface area contributed by atoms with Gasteiger partial charge in [0.25, 0.3) is 0 Å². The van der Waals surface area contributed by atoms with Crippen LogP contribution in [-0.2, 0) is 0 Å². The Morgan fingerprint density at radius 3 is 2.38 bits per heavy atom. The second-order valence-electron chi connectivity index (χ2n) is 4.64. The van der Waals surface area contributed by atoms with Gasteiger partial charge in [0.2, 0.25) is 0 Å². The first-order valence-electron chi connectivity index (χ1n) is 5.78. The predicted molar refractivity (Wildman–Crippen MR) is 53.6 cm³/mol. The lowest BCUT2D eigenvalue weighted by molar-refractivity contribution is 0.147. The summed E-state index contributed by atoms with van der Waals surface area (Å²) in [7, 11) is 0. The second-order valence-corrected chi connectivity index (χ2v) is 4.64. The van der Waals surface area contributed by atoms with E-state index in [1.54, 1.807) is 0 Å². The van der Waals surface area contributed by atoms with Crippen LogP contribution in [0.4, 0.5) is 0 Å². The van der Waals surface area contributed by atoms with Gasteiger partial charge in [0.05, 0.1) is 6.10 Å². The van der Waals surface area contributed by atoms with Crippen LogP contribution in [0.3, 0.4) is 0 Å². The molecule has 2 rings (SSSR count). The van der Waals surface area contributed by atoms with Crippen molar-refractivity contribution in [2.45, 2.75) is 57.1 Å².